The Hall–Kier alpha value is -0.990. The van der Waals surface area contributed by atoms with E-state index < -0.39 is 4.92 Å². The molecule has 1 unspecified atom stereocenters. The lowest BCUT2D eigenvalue weighted by atomic mass is 10.3. The van der Waals surface area contributed by atoms with Crippen molar-refractivity contribution in [1.82, 2.24) is 5.32 Å². The fraction of sp³-hybridized carbons (Fsp3) is 0.444. The maximum atomic E-state index is 11.7. The predicted molar refractivity (Wildman–Crippen MR) is 67.9 cm³/mol. The highest BCUT2D eigenvalue weighted by Crippen LogP contribution is 2.23. The molecule has 1 amide bonds. The van der Waals surface area contributed by atoms with E-state index in [1.54, 1.807) is 0 Å². The third kappa shape index (κ3) is 4.06. The summed E-state index contributed by atoms with van der Waals surface area (Å²) in [5.41, 5.74) is 0. The second-order valence-corrected chi connectivity index (χ2v) is 4.88. The number of hydrogen-bond donors (Lipinski definition) is 1. The first-order valence-electron chi connectivity index (χ1n) is 4.68. The normalized spacial score (nSPS) is 12.1. The van der Waals surface area contributed by atoms with Gasteiger partial charge in [0.25, 0.3) is 5.91 Å². The van der Waals surface area contributed by atoms with E-state index >= 15 is 0 Å². The highest BCUT2D eigenvalue weighted by Gasteiger charge is 2.17. The van der Waals surface area contributed by atoms with Gasteiger partial charge in [-0.3, -0.25) is 14.9 Å². The van der Waals surface area contributed by atoms with Crippen LogP contribution in [0.1, 0.15) is 9.67 Å². The van der Waals surface area contributed by atoms with Gasteiger partial charge in [0.15, 0.2) is 0 Å². The maximum absolute atomic E-state index is 11.7. The van der Waals surface area contributed by atoms with Crippen LogP contribution in [0.3, 0.4) is 0 Å². The summed E-state index contributed by atoms with van der Waals surface area (Å²) in [7, 11) is 1.54. The Kier molecular flexibility index (Phi) is 5.52. The third-order valence-electron chi connectivity index (χ3n) is 1.88. The molecule has 1 rings (SSSR count). The second kappa shape index (κ2) is 6.67. The molecule has 0 bridgehead atoms. The largest absolute Gasteiger partial charge is 0.383 e. The second-order valence-electron chi connectivity index (χ2n) is 3.18. The topological polar surface area (TPSA) is 81.5 Å². The number of carbonyl (C=O) groups excluding carboxylic acids is 1. The van der Waals surface area contributed by atoms with Crippen molar-refractivity contribution >= 4 is 38.2 Å². The molecule has 1 heterocycles. The first-order chi connectivity index (χ1) is 8.08. The summed E-state index contributed by atoms with van der Waals surface area (Å²) >= 11 is 4.10. The average Bonchev–Trinajstić information content (AvgIpc) is 2.77. The molecule has 1 N–H and O–H groups in total. The van der Waals surface area contributed by atoms with Crippen molar-refractivity contribution < 1.29 is 14.5 Å². The number of ether oxygens (including phenoxy) is 1. The van der Waals surface area contributed by atoms with E-state index in [4.69, 9.17) is 4.74 Å². The Morgan fingerprint density at radius 2 is 2.41 bits per heavy atom. The fourth-order valence-corrected chi connectivity index (χ4v) is 2.20. The standard InChI is InChI=1S/C9H11BrN2O4S/c1-16-5-6(4-10)11-9(13)7-2-3-8(17-7)12(14)15/h2-3,6H,4-5H2,1H3,(H,11,13). The van der Waals surface area contributed by atoms with Crippen LogP contribution in [-0.2, 0) is 4.74 Å². The van der Waals surface area contributed by atoms with Gasteiger partial charge in [0.05, 0.1) is 22.4 Å². The van der Waals surface area contributed by atoms with Gasteiger partial charge in [-0.2, -0.15) is 0 Å². The van der Waals surface area contributed by atoms with E-state index in [1.807, 2.05) is 0 Å². The van der Waals surface area contributed by atoms with Crippen LogP contribution in [-0.4, -0.2) is 35.9 Å². The molecule has 0 aliphatic carbocycles. The van der Waals surface area contributed by atoms with Crippen molar-refractivity contribution in [3.8, 4) is 0 Å². The number of halogens is 1. The quantitative estimate of drug-likeness (QED) is 0.492. The number of rotatable bonds is 6. The molecule has 8 heteroatoms. The molecule has 0 fully saturated rings. The van der Waals surface area contributed by atoms with Gasteiger partial charge in [-0.15, -0.1) is 0 Å². The van der Waals surface area contributed by atoms with Gasteiger partial charge in [-0.1, -0.05) is 27.3 Å². The summed E-state index contributed by atoms with van der Waals surface area (Å²) < 4.78 is 4.93. The highest BCUT2D eigenvalue weighted by molar-refractivity contribution is 9.09. The number of nitro groups is 1. The van der Waals surface area contributed by atoms with Gasteiger partial charge in [-0.25, -0.2) is 0 Å². The molecule has 1 atom stereocenters. The van der Waals surface area contributed by atoms with Crippen LogP contribution in [0, 0.1) is 10.1 Å². The van der Waals surface area contributed by atoms with Crippen LogP contribution >= 0.6 is 27.3 Å². The molecule has 94 valence electrons. The van der Waals surface area contributed by atoms with E-state index in [0.29, 0.717) is 16.8 Å². The number of nitrogens with zero attached hydrogens (tertiary/aromatic N) is 1. The Morgan fingerprint density at radius 1 is 1.71 bits per heavy atom. The van der Waals surface area contributed by atoms with Crippen molar-refractivity contribution in [3.63, 3.8) is 0 Å². The Bertz CT molecular complexity index is 409. The number of alkyl halides is 1. The zero-order valence-electron chi connectivity index (χ0n) is 9.01. The predicted octanol–water partition coefficient (Wildman–Crippen LogP) is 1.80. The summed E-state index contributed by atoms with van der Waals surface area (Å²) in [6.07, 6.45) is 0. The molecule has 0 saturated carbocycles. The Labute approximate surface area is 110 Å². The summed E-state index contributed by atoms with van der Waals surface area (Å²) in [4.78, 5) is 22.0. The molecule has 0 spiro atoms. The summed E-state index contributed by atoms with van der Waals surface area (Å²) in [5, 5.41) is 13.7. The lowest BCUT2D eigenvalue weighted by Gasteiger charge is -2.13. The molecular formula is C9H11BrN2O4S. The van der Waals surface area contributed by atoms with Crippen LogP contribution in [0.25, 0.3) is 0 Å². The monoisotopic (exact) mass is 322 g/mol. The molecule has 0 radical (unpaired) electrons. The smallest absolute Gasteiger partial charge is 0.324 e. The Morgan fingerprint density at radius 3 is 2.88 bits per heavy atom. The molecule has 0 saturated heterocycles. The maximum Gasteiger partial charge on any atom is 0.324 e. The van der Waals surface area contributed by atoms with Crippen LogP contribution < -0.4 is 5.32 Å². The minimum Gasteiger partial charge on any atom is -0.383 e. The highest BCUT2D eigenvalue weighted by atomic mass is 79.9. The number of amides is 1. The fourth-order valence-electron chi connectivity index (χ4n) is 1.13. The van der Waals surface area contributed by atoms with E-state index in [1.165, 1.54) is 19.2 Å². The first-order valence-corrected chi connectivity index (χ1v) is 6.62. The molecule has 0 aliphatic rings. The lowest BCUT2D eigenvalue weighted by molar-refractivity contribution is -0.380. The summed E-state index contributed by atoms with van der Waals surface area (Å²) in [5.74, 6) is -0.329. The van der Waals surface area contributed by atoms with Crippen molar-refractivity contribution in [2.75, 3.05) is 19.0 Å². The van der Waals surface area contributed by atoms with E-state index in [2.05, 4.69) is 21.2 Å². The summed E-state index contributed by atoms with van der Waals surface area (Å²) in [6, 6.07) is 2.60. The van der Waals surface area contributed by atoms with E-state index in [0.717, 1.165) is 11.3 Å². The van der Waals surface area contributed by atoms with E-state index in [9.17, 15) is 14.9 Å². The zero-order chi connectivity index (χ0) is 12.8. The van der Waals surface area contributed by atoms with Crippen molar-refractivity contribution in [2.45, 2.75) is 6.04 Å². The van der Waals surface area contributed by atoms with Crippen LogP contribution in [0.2, 0.25) is 0 Å². The van der Waals surface area contributed by atoms with Gasteiger partial charge in [-0.05, 0) is 6.07 Å². The minimum atomic E-state index is -0.515. The van der Waals surface area contributed by atoms with E-state index in [-0.39, 0.29) is 17.0 Å². The average molecular weight is 323 g/mol. The van der Waals surface area contributed by atoms with Crippen molar-refractivity contribution in [3.05, 3.63) is 27.1 Å². The van der Waals surface area contributed by atoms with Gasteiger partial charge in [0.1, 0.15) is 0 Å². The van der Waals surface area contributed by atoms with Gasteiger partial charge in [0.2, 0.25) is 0 Å². The van der Waals surface area contributed by atoms with Crippen LogP contribution in [0.5, 0.6) is 0 Å². The molecule has 0 aliphatic heterocycles. The van der Waals surface area contributed by atoms with Crippen molar-refractivity contribution in [2.24, 2.45) is 0 Å². The molecule has 6 nitrogen and oxygen atoms in total. The SMILES string of the molecule is COCC(CBr)NC(=O)c1ccc([N+](=O)[O-])s1. The molecular weight excluding hydrogens is 312 g/mol. The third-order valence-corrected chi connectivity index (χ3v) is 3.70. The van der Waals surface area contributed by atoms with Gasteiger partial charge >= 0.3 is 5.00 Å². The number of carbonyl (C=O) groups is 1. The number of nitrogens with one attached hydrogen (secondary N) is 1. The van der Waals surface area contributed by atoms with Crippen LogP contribution in [0.15, 0.2) is 12.1 Å². The molecule has 0 aromatic carbocycles. The van der Waals surface area contributed by atoms with Gasteiger partial charge in [0, 0.05) is 18.5 Å². The van der Waals surface area contributed by atoms with Gasteiger partial charge < -0.3 is 10.1 Å². The molecule has 17 heavy (non-hydrogen) atoms. The van der Waals surface area contributed by atoms with Crippen LogP contribution in [0.4, 0.5) is 5.00 Å². The number of hydrogen-bond acceptors (Lipinski definition) is 5. The minimum absolute atomic E-state index is 0.0442. The Balaban J connectivity index is 2.65. The molecule has 1 aromatic heterocycles. The number of methoxy groups -OCH3 is 1. The summed E-state index contributed by atoms with van der Waals surface area (Å²) in [6.45, 7) is 0.379. The van der Waals surface area contributed by atoms with Crippen molar-refractivity contribution in [1.29, 1.82) is 0 Å². The lowest BCUT2D eigenvalue weighted by Crippen LogP contribution is -2.38. The zero-order valence-corrected chi connectivity index (χ0v) is 11.4. The molecule has 1 aromatic rings. The first kappa shape index (κ1) is 14.1. The number of thiophene rings is 1.